The van der Waals surface area contributed by atoms with Crippen LogP contribution in [-0.2, 0) is 22.4 Å². The fourth-order valence-electron chi connectivity index (χ4n) is 3.05. The van der Waals surface area contributed by atoms with Crippen LogP contribution in [0.15, 0.2) is 46.1 Å². The lowest BCUT2D eigenvalue weighted by Gasteiger charge is -2.29. The van der Waals surface area contributed by atoms with Crippen molar-refractivity contribution in [1.82, 2.24) is 10.2 Å². The van der Waals surface area contributed by atoms with Crippen LogP contribution in [0.1, 0.15) is 16.9 Å². The van der Waals surface area contributed by atoms with Gasteiger partial charge in [-0.25, -0.2) is 0 Å². The molecule has 0 saturated heterocycles. The average molecular weight is 431 g/mol. The fraction of sp³-hybridized carbons (Fsp3) is 0.263. The van der Waals surface area contributed by atoms with Crippen LogP contribution < -0.4 is 10.2 Å². The first-order valence-corrected chi connectivity index (χ1v) is 11.5. The second-order valence-electron chi connectivity index (χ2n) is 6.24. The number of rotatable bonds is 6. The maximum absolute atomic E-state index is 12.7. The summed E-state index contributed by atoms with van der Waals surface area (Å²) in [6.07, 6.45) is 2.32. The Morgan fingerprint density at radius 1 is 1.18 bits per heavy atom. The largest absolute Gasteiger partial charge is 0.311 e. The predicted molar refractivity (Wildman–Crippen MR) is 114 cm³/mol. The first-order valence-electron chi connectivity index (χ1n) is 8.86. The third-order valence-corrected chi connectivity index (χ3v) is 7.13. The highest BCUT2D eigenvalue weighted by Gasteiger charge is 2.22. The fourth-order valence-corrected chi connectivity index (χ4v) is 5.40. The van der Waals surface area contributed by atoms with E-state index in [1.165, 1.54) is 28.7 Å². The van der Waals surface area contributed by atoms with E-state index < -0.39 is 0 Å². The zero-order valence-corrected chi connectivity index (χ0v) is 17.4. The molecule has 1 aliphatic heterocycles. The van der Waals surface area contributed by atoms with Crippen molar-refractivity contribution in [1.29, 1.82) is 0 Å². The van der Waals surface area contributed by atoms with Crippen LogP contribution in [-0.4, -0.2) is 34.3 Å². The average Bonchev–Trinajstić information content (AvgIpc) is 3.37. The molecule has 2 aromatic heterocycles. The van der Waals surface area contributed by atoms with Gasteiger partial charge in [0.25, 0.3) is 0 Å². The number of carbonyl (C=O) groups excluding carboxylic acids is 2. The molecule has 0 aliphatic carbocycles. The molecule has 144 valence electrons. The molecule has 1 aliphatic rings. The number of para-hydroxylation sites is 1. The van der Waals surface area contributed by atoms with Gasteiger partial charge in [-0.1, -0.05) is 47.4 Å². The molecule has 1 N–H and O–H groups in total. The Labute approximate surface area is 175 Å². The molecule has 9 heteroatoms. The molecule has 0 radical (unpaired) electrons. The summed E-state index contributed by atoms with van der Waals surface area (Å²) in [6.45, 7) is 0.747. The van der Waals surface area contributed by atoms with E-state index in [1.807, 2.05) is 40.6 Å². The summed E-state index contributed by atoms with van der Waals surface area (Å²) in [7, 11) is 0. The van der Waals surface area contributed by atoms with Crippen LogP contribution in [0.2, 0.25) is 0 Å². The van der Waals surface area contributed by atoms with Gasteiger partial charge in [0.1, 0.15) is 0 Å². The Hall–Kier alpha value is -2.23. The Morgan fingerprint density at radius 3 is 2.93 bits per heavy atom. The lowest BCUT2D eigenvalue weighted by molar-refractivity contribution is -0.116. The lowest BCUT2D eigenvalue weighted by atomic mass is 10.0. The van der Waals surface area contributed by atoms with Gasteiger partial charge < -0.3 is 10.2 Å². The van der Waals surface area contributed by atoms with Gasteiger partial charge in [0.2, 0.25) is 16.9 Å². The molecule has 0 fully saturated rings. The highest BCUT2D eigenvalue weighted by molar-refractivity contribution is 8.01. The Morgan fingerprint density at radius 2 is 2.07 bits per heavy atom. The Bertz CT molecular complexity index is 971. The minimum absolute atomic E-state index is 0.0654. The second kappa shape index (κ2) is 8.85. The SMILES string of the molecule is O=C(Cc1cccs1)Nc1nnc(SCC(=O)N2CCCc3ccccc32)s1. The molecular formula is C19H18N4O2S3. The number of hydrogen-bond acceptors (Lipinski definition) is 7. The second-order valence-corrected chi connectivity index (χ2v) is 9.48. The van der Waals surface area contributed by atoms with Gasteiger partial charge in [-0.05, 0) is 35.9 Å². The number of fused-ring (bicyclic) bond motifs is 1. The topological polar surface area (TPSA) is 75.2 Å². The number of anilines is 2. The molecule has 28 heavy (non-hydrogen) atoms. The number of thiophene rings is 1. The van der Waals surface area contributed by atoms with E-state index in [0.717, 1.165) is 30.0 Å². The van der Waals surface area contributed by atoms with Gasteiger partial charge >= 0.3 is 0 Å². The van der Waals surface area contributed by atoms with Gasteiger partial charge in [-0.15, -0.1) is 21.5 Å². The summed E-state index contributed by atoms with van der Waals surface area (Å²) in [5.74, 6) is 0.248. The summed E-state index contributed by atoms with van der Waals surface area (Å²) in [4.78, 5) is 27.6. The van der Waals surface area contributed by atoms with Crippen LogP contribution in [0.5, 0.6) is 0 Å². The summed E-state index contributed by atoms with van der Waals surface area (Å²) >= 11 is 4.19. The minimum atomic E-state index is -0.115. The minimum Gasteiger partial charge on any atom is -0.311 e. The molecule has 3 aromatic rings. The van der Waals surface area contributed by atoms with E-state index >= 15 is 0 Å². The van der Waals surface area contributed by atoms with Crippen LogP contribution in [0, 0.1) is 0 Å². The third-order valence-electron chi connectivity index (χ3n) is 4.30. The van der Waals surface area contributed by atoms with Crippen molar-refractivity contribution >= 4 is 57.1 Å². The number of aromatic nitrogens is 2. The number of nitrogens with zero attached hydrogens (tertiary/aromatic N) is 3. The molecule has 4 rings (SSSR count). The number of benzene rings is 1. The highest BCUT2D eigenvalue weighted by atomic mass is 32.2. The van der Waals surface area contributed by atoms with Gasteiger partial charge in [0.15, 0.2) is 4.34 Å². The van der Waals surface area contributed by atoms with Gasteiger partial charge in [-0.2, -0.15) is 0 Å². The predicted octanol–water partition coefficient (Wildman–Crippen LogP) is 3.85. The molecule has 1 aromatic carbocycles. The summed E-state index contributed by atoms with van der Waals surface area (Å²) in [6, 6.07) is 11.9. The van der Waals surface area contributed by atoms with Crippen molar-refractivity contribution in [3.8, 4) is 0 Å². The molecule has 0 bridgehead atoms. The first kappa shape index (κ1) is 19.1. The summed E-state index contributed by atoms with van der Waals surface area (Å²) < 4.78 is 0.671. The number of thioether (sulfide) groups is 1. The molecule has 2 amide bonds. The first-order chi connectivity index (χ1) is 13.7. The summed E-state index contributed by atoms with van der Waals surface area (Å²) in [5, 5.41) is 13.3. The van der Waals surface area contributed by atoms with Crippen molar-refractivity contribution in [2.45, 2.75) is 23.6 Å². The Kier molecular flexibility index (Phi) is 6.04. The van der Waals surface area contributed by atoms with Crippen LogP contribution >= 0.6 is 34.4 Å². The highest BCUT2D eigenvalue weighted by Crippen LogP contribution is 2.30. The van der Waals surface area contributed by atoms with Crippen molar-refractivity contribution in [2.75, 3.05) is 22.5 Å². The quantitative estimate of drug-likeness (QED) is 0.475. The Balaban J connectivity index is 1.31. The third kappa shape index (κ3) is 4.60. The van der Waals surface area contributed by atoms with E-state index in [0.29, 0.717) is 21.6 Å². The van der Waals surface area contributed by atoms with Crippen molar-refractivity contribution in [3.05, 3.63) is 52.2 Å². The zero-order valence-electron chi connectivity index (χ0n) is 15.0. The lowest BCUT2D eigenvalue weighted by Crippen LogP contribution is -2.36. The van der Waals surface area contributed by atoms with E-state index in [9.17, 15) is 9.59 Å². The van der Waals surface area contributed by atoms with Gasteiger partial charge in [-0.3, -0.25) is 9.59 Å². The molecule has 0 spiro atoms. The van der Waals surface area contributed by atoms with Crippen LogP contribution in [0.4, 0.5) is 10.8 Å². The molecule has 6 nitrogen and oxygen atoms in total. The monoisotopic (exact) mass is 430 g/mol. The number of aryl methyl sites for hydroxylation is 1. The van der Waals surface area contributed by atoms with E-state index in [-0.39, 0.29) is 11.8 Å². The van der Waals surface area contributed by atoms with E-state index in [4.69, 9.17) is 0 Å². The van der Waals surface area contributed by atoms with E-state index in [1.54, 1.807) is 11.3 Å². The normalized spacial score (nSPS) is 13.2. The number of nitrogens with one attached hydrogen (secondary N) is 1. The van der Waals surface area contributed by atoms with Crippen molar-refractivity contribution < 1.29 is 9.59 Å². The molecule has 0 saturated carbocycles. The van der Waals surface area contributed by atoms with Crippen molar-refractivity contribution in [3.63, 3.8) is 0 Å². The number of carbonyl (C=O) groups is 2. The molecule has 0 atom stereocenters. The van der Waals surface area contributed by atoms with Crippen LogP contribution in [0.3, 0.4) is 0 Å². The van der Waals surface area contributed by atoms with E-state index in [2.05, 4.69) is 21.6 Å². The standard InChI is InChI=1S/C19H18N4O2S3/c24-16(11-14-7-4-10-26-14)20-18-21-22-19(28-18)27-12-17(25)23-9-3-6-13-5-1-2-8-15(13)23/h1-2,4-5,7-8,10H,3,6,9,11-12H2,(H,20,21,24). The van der Waals surface area contributed by atoms with Gasteiger partial charge in [0.05, 0.1) is 12.2 Å². The van der Waals surface area contributed by atoms with Crippen molar-refractivity contribution in [2.24, 2.45) is 0 Å². The number of amides is 2. The smallest absolute Gasteiger partial charge is 0.237 e. The number of hydrogen-bond donors (Lipinski definition) is 1. The molecular weight excluding hydrogens is 412 g/mol. The molecule has 3 heterocycles. The maximum atomic E-state index is 12.7. The van der Waals surface area contributed by atoms with Crippen LogP contribution in [0.25, 0.3) is 0 Å². The summed E-state index contributed by atoms with van der Waals surface area (Å²) in [5.41, 5.74) is 2.23. The van der Waals surface area contributed by atoms with Gasteiger partial charge in [0, 0.05) is 17.1 Å². The zero-order chi connectivity index (χ0) is 19.3. The maximum Gasteiger partial charge on any atom is 0.237 e. The molecule has 0 unspecified atom stereocenters.